The maximum atomic E-state index is 11.3. The lowest BCUT2D eigenvalue weighted by atomic mass is 10.1. The van der Waals surface area contributed by atoms with Crippen LogP contribution < -0.4 is 5.32 Å². The van der Waals surface area contributed by atoms with E-state index in [1.165, 1.54) is 0 Å². The fourth-order valence-electron chi connectivity index (χ4n) is 1.95. The predicted molar refractivity (Wildman–Crippen MR) is 67.0 cm³/mol. The number of benzene rings is 1. The first-order chi connectivity index (χ1) is 8.24. The molecular formula is C13H16N2O2. The second-order valence-corrected chi connectivity index (χ2v) is 4.01. The lowest BCUT2D eigenvalue weighted by molar-refractivity contribution is -0.139. The Labute approximate surface area is 99.7 Å². The van der Waals surface area contributed by atoms with Crippen molar-refractivity contribution in [3.05, 3.63) is 36.0 Å². The molecule has 90 valence electrons. The third-order valence-electron chi connectivity index (χ3n) is 2.78. The summed E-state index contributed by atoms with van der Waals surface area (Å²) in [5, 5.41) is 13.3. The van der Waals surface area contributed by atoms with Crippen molar-refractivity contribution in [1.29, 1.82) is 0 Å². The lowest BCUT2D eigenvalue weighted by Crippen LogP contribution is -2.28. The molecule has 1 aromatic heterocycles. The van der Waals surface area contributed by atoms with E-state index in [0.29, 0.717) is 6.54 Å². The van der Waals surface area contributed by atoms with E-state index in [2.05, 4.69) is 10.3 Å². The number of para-hydroxylation sites is 1. The number of rotatable bonds is 5. The van der Waals surface area contributed by atoms with Gasteiger partial charge in [0.2, 0.25) is 0 Å². The summed E-state index contributed by atoms with van der Waals surface area (Å²) in [6, 6.07) is 7.07. The molecule has 4 heteroatoms. The molecule has 0 fully saturated rings. The summed E-state index contributed by atoms with van der Waals surface area (Å²) in [5.74, 6) is -0.844. The number of H-pyrrole nitrogens is 1. The van der Waals surface area contributed by atoms with Gasteiger partial charge in [0.15, 0.2) is 0 Å². The smallest absolute Gasteiger partial charge is 0.325 e. The van der Waals surface area contributed by atoms with Gasteiger partial charge in [-0.3, -0.25) is 4.79 Å². The zero-order valence-corrected chi connectivity index (χ0v) is 9.73. The van der Waals surface area contributed by atoms with Crippen molar-refractivity contribution in [2.45, 2.75) is 19.4 Å². The van der Waals surface area contributed by atoms with Gasteiger partial charge in [-0.1, -0.05) is 25.1 Å². The van der Waals surface area contributed by atoms with Gasteiger partial charge in [-0.05, 0) is 19.0 Å². The molecule has 0 aliphatic heterocycles. The van der Waals surface area contributed by atoms with Crippen molar-refractivity contribution in [2.75, 3.05) is 6.54 Å². The lowest BCUT2D eigenvalue weighted by Gasteiger charge is -2.13. The first kappa shape index (κ1) is 11.7. The number of aromatic nitrogens is 1. The summed E-state index contributed by atoms with van der Waals surface area (Å²) in [7, 11) is 0. The minimum atomic E-state index is -0.844. The molecule has 17 heavy (non-hydrogen) atoms. The number of carboxylic acid groups (broad SMARTS) is 1. The van der Waals surface area contributed by atoms with E-state index in [1.54, 1.807) is 6.20 Å². The molecular weight excluding hydrogens is 216 g/mol. The van der Waals surface area contributed by atoms with Crippen LogP contribution in [0.4, 0.5) is 0 Å². The average molecular weight is 232 g/mol. The topological polar surface area (TPSA) is 65.1 Å². The van der Waals surface area contributed by atoms with E-state index in [-0.39, 0.29) is 0 Å². The van der Waals surface area contributed by atoms with Crippen molar-refractivity contribution in [2.24, 2.45) is 0 Å². The Hall–Kier alpha value is -1.81. The van der Waals surface area contributed by atoms with Crippen LogP contribution in [0.25, 0.3) is 10.9 Å². The number of hydrogen-bond donors (Lipinski definition) is 3. The van der Waals surface area contributed by atoms with Crippen LogP contribution >= 0.6 is 0 Å². The molecule has 0 radical (unpaired) electrons. The number of aliphatic carboxylic acids is 1. The Morgan fingerprint density at radius 1 is 1.47 bits per heavy atom. The first-order valence-electron chi connectivity index (χ1n) is 5.76. The first-order valence-corrected chi connectivity index (χ1v) is 5.76. The molecule has 0 spiro atoms. The van der Waals surface area contributed by atoms with Crippen LogP contribution in [0.5, 0.6) is 0 Å². The summed E-state index contributed by atoms with van der Waals surface area (Å²) >= 11 is 0. The summed E-state index contributed by atoms with van der Waals surface area (Å²) in [6.07, 6.45) is 2.68. The molecule has 3 N–H and O–H groups in total. The van der Waals surface area contributed by atoms with Crippen LogP contribution in [0.2, 0.25) is 0 Å². The molecule has 0 saturated carbocycles. The van der Waals surface area contributed by atoms with Crippen LogP contribution in [0.3, 0.4) is 0 Å². The molecule has 0 amide bonds. The van der Waals surface area contributed by atoms with E-state index in [0.717, 1.165) is 22.9 Å². The van der Waals surface area contributed by atoms with Gasteiger partial charge in [0.05, 0.1) is 0 Å². The molecule has 2 rings (SSSR count). The number of hydrogen-bond acceptors (Lipinski definition) is 2. The van der Waals surface area contributed by atoms with Crippen LogP contribution in [0.1, 0.15) is 24.9 Å². The Balaban J connectivity index is 2.38. The zero-order valence-electron chi connectivity index (χ0n) is 9.73. The monoisotopic (exact) mass is 232 g/mol. The molecule has 0 aliphatic rings. The molecule has 0 saturated heterocycles. The van der Waals surface area contributed by atoms with Gasteiger partial charge in [0, 0.05) is 22.7 Å². The zero-order chi connectivity index (χ0) is 12.3. The number of aromatic amines is 1. The van der Waals surface area contributed by atoms with Gasteiger partial charge in [0.25, 0.3) is 0 Å². The van der Waals surface area contributed by atoms with E-state index >= 15 is 0 Å². The second kappa shape index (κ2) is 5.01. The van der Waals surface area contributed by atoms with Crippen LogP contribution in [0.15, 0.2) is 30.5 Å². The van der Waals surface area contributed by atoms with Crippen molar-refractivity contribution in [1.82, 2.24) is 10.3 Å². The van der Waals surface area contributed by atoms with Gasteiger partial charge in [-0.15, -0.1) is 0 Å². The molecule has 1 unspecified atom stereocenters. The maximum absolute atomic E-state index is 11.3. The highest BCUT2D eigenvalue weighted by Gasteiger charge is 2.21. The number of carbonyl (C=O) groups is 1. The Morgan fingerprint density at radius 3 is 2.94 bits per heavy atom. The summed E-state index contributed by atoms with van der Waals surface area (Å²) in [5.41, 5.74) is 1.76. The van der Waals surface area contributed by atoms with Crippen molar-refractivity contribution >= 4 is 16.9 Å². The van der Waals surface area contributed by atoms with Crippen LogP contribution in [-0.4, -0.2) is 22.6 Å². The molecule has 1 atom stereocenters. The largest absolute Gasteiger partial charge is 0.480 e. The minimum Gasteiger partial charge on any atom is -0.480 e. The van der Waals surface area contributed by atoms with Gasteiger partial charge < -0.3 is 15.4 Å². The minimum absolute atomic E-state index is 0.647. The van der Waals surface area contributed by atoms with E-state index in [4.69, 9.17) is 0 Å². The highest BCUT2D eigenvalue weighted by atomic mass is 16.4. The molecule has 0 aliphatic carbocycles. The predicted octanol–water partition coefficient (Wildman–Crippen LogP) is 2.29. The Morgan fingerprint density at radius 2 is 2.24 bits per heavy atom. The second-order valence-electron chi connectivity index (χ2n) is 4.01. The van der Waals surface area contributed by atoms with Crippen molar-refractivity contribution < 1.29 is 9.90 Å². The fraction of sp³-hybridized carbons (Fsp3) is 0.308. The number of carboxylic acids is 1. The molecule has 1 aromatic carbocycles. The highest BCUT2D eigenvalue weighted by Crippen LogP contribution is 2.24. The van der Waals surface area contributed by atoms with Crippen molar-refractivity contribution in [3.63, 3.8) is 0 Å². The van der Waals surface area contributed by atoms with Gasteiger partial charge in [-0.25, -0.2) is 0 Å². The summed E-state index contributed by atoms with van der Waals surface area (Å²) in [6.45, 7) is 2.71. The standard InChI is InChI=1S/C13H16N2O2/c1-2-7-14-12(13(16)17)10-8-15-11-6-4-3-5-9(10)11/h3-6,8,12,14-15H,2,7H2,1H3,(H,16,17). The van der Waals surface area contributed by atoms with E-state index < -0.39 is 12.0 Å². The molecule has 4 nitrogen and oxygen atoms in total. The molecule has 0 bridgehead atoms. The number of fused-ring (bicyclic) bond motifs is 1. The van der Waals surface area contributed by atoms with Crippen LogP contribution in [0, 0.1) is 0 Å². The maximum Gasteiger partial charge on any atom is 0.325 e. The number of nitrogens with one attached hydrogen (secondary N) is 2. The molecule has 1 heterocycles. The van der Waals surface area contributed by atoms with Gasteiger partial charge in [-0.2, -0.15) is 0 Å². The Kier molecular flexibility index (Phi) is 3.44. The van der Waals surface area contributed by atoms with E-state index in [9.17, 15) is 9.90 Å². The fourth-order valence-corrected chi connectivity index (χ4v) is 1.95. The van der Waals surface area contributed by atoms with E-state index in [1.807, 2.05) is 31.2 Å². The van der Waals surface area contributed by atoms with Crippen molar-refractivity contribution in [3.8, 4) is 0 Å². The molecule has 2 aromatic rings. The summed E-state index contributed by atoms with van der Waals surface area (Å²) < 4.78 is 0. The SMILES string of the molecule is CCCNC(C(=O)O)c1c[nH]c2ccccc12. The average Bonchev–Trinajstić information content (AvgIpc) is 2.73. The normalized spacial score (nSPS) is 12.8. The Bertz CT molecular complexity index is 519. The van der Waals surface area contributed by atoms with Gasteiger partial charge in [0.1, 0.15) is 6.04 Å². The quantitative estimate of drug-likeness (QED) is 0.741. The third-order valence-corrected chi connectivity index (χ3v) is 2.78. The van der Waals surface area contributed by atoms with Gasteiger partial charge >= 0.3 is 5.97 Å². The van der Waals surface area contributed by atoms with Crippen LogP contribution in [-0.2, 0) is 4.79 Å². The highest BCUT2D eigenvalue weighted by molar-refractivity contribution is 5.89. The summed E-state index contributed by atoms with van der Waals surface area (Å²) in [4.78, 5) is 14.4. The third kappa shape index (κ3) is 2.31.